The topological polar surface area (TPSA) is 28.7 Å². The van der Waals surface area contributed by atoms with Crippen molar-refractivity contribution in [2.75, 3.05) is 0 Å². The van der Waals surface area contributed by atoms with Crippen LogP contribution in [-0.4, -0.2) is 9.97 Å². The van der Waals surface area contributed by atoms with Crippen LogP contribution >= 0.6 is 22.6 Å². The van der Waals surface area contributed by atoms with Crippen LogP contribution in [0.2, 0.25) is 0 Å². The molecule has 56 valence electrons. The van der Waals surface area contributed by atoms with Crippen LogP contribution in [0.15, 0.2) is 6.33 Å². The fourth-order valence-electron chi connectivity index (χ4n) is 0.804. The number of aromatic nitrogens is 2. The van der Waals surface area contributed by atoms with Crippen molar-refractivity contribution in [1.82, 2.24) is 9.97 Å². The third-order valence-electron chi connectivity index (χ3n) is 1.34. The fraction of sp³-hybridized carbons (Fsp3) is 0.571. The second-order valence-corrected chi connectivity index (χ2v) is 4.34. The van der Waals surface area contributed by atoms with E-state index in [1.165, 1.54) is 5.69 Å². The van der Waals surface area contributed by atoms with E-state index in [4.69, 9.17) is 0 Å². The molecule has 0 unspecified atom stereocenters. The minimum Gasteiger partial charge on any atom is -0.347 e. The summed E-state index contributed by atoms with van der Waals surface area (Å²) in [5, 5.41) is 0. The molecule has 0 amide bonds. The number of imidazole rings is 1. The number of aromatic amines is 1. The summed E-state index contributed by atoms with van der Waals surface area (Å²) in [7, 11) is 0. The van der Waals surface area contributed by atoms with Gasteiger partial charge < -0.3 is 4.98 Å². The van der Waals surface area contributed by atoms with E-state index in [2.05, 4.69) is 53.3 Å². The molecule has 0 aliphatic carbocycles. The average molecular weight is 250 g/mol. The van der Waals surface area contributed by atoms with Crippen LogP contribution in [0.25, 0.3) is 0 Å². The Bertz CT molecular complexity index is 222. The van der Waals surface area contributed by atoms with Gasteiger partial charge in [-0.25, -0.2) is 4.98 Å². The molecule has 0 aliphatic heterocycles. The molecule has 1 aromatic rings. The van der Waals surface area contributed by atoms with Crippen LogP contribution in [0.1, 0.15) is 26.5 Å². The van der Waals surface area contributed by atoms with Crippen molar-refractivity contribution in [3.63, 3.8) is 0 Å². The molecule has 1 rings (SSSR count). The maximum absolute atomic E-state index is 4.11. The maximum Gasteiger partial charge on any atom is 0.122 e. The maximum atomic E-state index is 4.11. The van der Waals surface area contributed by atoms with Crippen molar-refractivity contribution in [3.8, 4) is 0 Å². The molecule has 3 heteroatoms. The van der Waals surface area contributed by atoms with E-state index in [0.29, 0.717) is 0 Å². The standard InChI is InChI=1S/C7H11IN2/c1-7(2,3)5-6(8)10-4-9-5/h4H,1-3H3,(H,9,10). The number of nitrogens with one attached hydrogen (secondary N) is 1. The van der Waals surface area contributed by atoms with Gasteiger partial charge in [0.25, 0.3) is 0 Å². The van der Waals surface area contributed by atoms with Crippen LogP contribution in [-0.2, 0) is 5.41 Å². The highest BCUT2D eigenvalue weighted by Crippen LogP contribution is 2.23. The molecule has 1 aromatic heterocycles. The highest BCUT2D eigenvalue weighted by molar-refractivity contribution is 14.1. The second kappa shape index (κ2) is 2.53. The highest BCUT2D eigenvalue weighted by atomic mass is 127. The predicted molar refractivity (Wildman–Crippen MR) is 50.0 cm³/mol. The third kappa shape index (κ3) is 1.51. The monoisotopic (exact) mass is 250 g/mol. The average Bonchev–Trinajstić information content (AvgIpc) is 2.11. The van der Waals surface area contributed by atoms with Gasteiger partial charge in [0.2, 0.25) is 0 Å². The number of hydrogen-bond donors (Lipinski definition) is 1. The zero-order chi connectivity index (χ0) is 7.78. The summed E-state index contributed by atoms with van der Waals surface area (Å²) in [5.74, 6) is 0. The molecule has 0 saturated heterocycles. The Morgan fingerprint density at radius 2 is 2.10 bits per heavy atom. The highest BCUT2D eigenvalue weighted by Gasteiger charge is 2.18. The van der Waals surface area contributed by atoms with Crippen LogP contribution in [0.3, 0.4) is 0 Å². The van der Waals surface area contributed by atoms with Crippen molar-refractivity contribution in [2.45, 2.75) is 26.2 Å². The summed E-state index contributed by atoms with van der Waals surface area (Å²) < 4.78 is 1.07. The van der Waals surface area contributed by atoms with E-state index in [0.717, 1.165) is 3.70 Å². The number of halogens is 1. The van der Waals surface area contributed by atoms with Crippen LogP contribution in [0.5, 0.6) is 0 Å². The molecule has 1 heterocycles. The minimum absolute atomic E-state index is 0.188. The Labute approximate surface area is 74.6 Å². The van der Waals surface area contributed by atoms with E-state index >= 15 is 0 Å². The Hall–Kier alpha value is -0.0600. The summed E-state index contributed by atoms with van der Waals surface area (Å²) in [4.78, 5) is 7.24. The van der Waals surface area contributed by atoms with Crippen molar-refractivity contribution >= 4 is 22.6 Å². The SMILES string of the molecule is CC(C)(C)c1[nH]cnc1I. The summed E-state index contributed by atoms with van der Waals surface area (Å²) >= 11 is 2.24. The van der Waals surface area contributed by atoms with Gasteiger partial charge in [0.15, 0.2) is 0 Å². The van der Waals surface area contributed by atoms with Gasteiger partial charge in [0.1, 0.15) is 3.70 Å². The Morgan fingerprint density at radius 3 is 2.30 bits per heavy atom. The minimum atomic E-state index is 0.188. The molecule has 0 atom stereocenters. The lowest BCUT2D eigenvalue weighted by molar-refractivity contribution is 0.568. The van der Waals surface area contributed by atoms with Crippen molar-refractivity contribution < 1.29 is 0 Å². The van der Waals surface area contributed by atoms with Gasteiger partial charge in [-0.2, -0.15) is 0 Å². The van der Waals surface area contributed by atoms with Gasteiger partial charge in [-0.15, -0.1) is 0 Å². The molecule has 1 N–H and O–H groups in total. The summed E-state index contributed by atoms with van der Waals surface area (Å²) in [5.41, 5.74) is 1.40. The van der Waals surface area contributed by atoms with E-state index in [1.807, 2.05) is 0 Å². The van der Waals surface area contributed by atoms with Crippen molar-refractivity contribution in [1.29, 1.82) is 0 Å². The number of hydrogen-bond acceptors (Lipinski definition) is 1. The lowest BCUT2D eigenvalue weighted by atomic mass is 9.93. The molecule has 0 fully saturated rings. The number of nitrogens with zero attached hydrogens (tertiary/aromatic N) is 1. The quantitative estimate of drug-likeness (QED) is 0.703. The zero-order valence-electron chi connectivity index (χ0n) is 6.40. The molecule has 0 spiro atoms. The van der Waals surface area contributed by atoms with Gasteiger partial charge in [-0.1, -0.05) is 20.8 Å². The summed E-state index contributed by atoms with van der Waals surface area (Å²) in [6.45, 7) is 6.51. The fourth-order valence-corrected chi connectivity index (χ4v) is 1.91. The molecule has 0 radical (unpaired) electrons. The molecule has 0 aliphatic rings. The van der Waals surface area contributed by atoms with Gasteiger partial charge in [0.05, 0.1) is 12.0 Å². The molecular formula is C7H11IN2. The van der Waals surface area contributed by atoms with Crippen LogP contribution in [0.4, 0.5) is 0 Å². The van der Waals surface area contributed by atoms with E-state index < -0.39 is 0 Å². The predicted octanol–water partition coefficient (Wildman–Crippen LogP) is 2.31. The largest absolute Gasteiger partial charge is 0.347 e. The van der Waals surface area contributed by atoms with E-state index in [-0.39, 0.29) is 5.41 Å². The van der Waals surface area contributed by atoms with Crippen LogP contribution in [0, 0.1) is 3.70 Å². The normalized spacial score (nSPS) is 12.0. The lowest BCUT2D eigenvalue weighted by Gasteiger charge is -2.15. The molecular weight excluding hydrogens is 239 g/mol. The summed E-state index contributed by atoms with van der Waals surface area (Å²) in [6.07, 6.45) is 1.74. The second-order valence-electron chi connectivity index (χ2n) is 3.32. The molecule has 10 heavy (non-hydrogen) atoms. The van der Waals surface area contributed by atoms with E-state index in [9.17, 15) is 0 Å². The van der Waals surface area contributed by atoms with Crippen LogP contribution < -0.4 is 0 Å². The molecule has 0 saturated carbocycles. The Balaban J connectivity index is 3.05. The van der Waals surface area contributed by atoms with Gasteiger partial charge in [0, 0.05) is 5.41 Å². The molecule has 2 nitrogen and oxygen atoms in total. The first kappa shape index (κ1) is 8.04. The van der Waals surface area contributed by atoms with Crippen molar-refractivity contribution in [2.24, 2.45) is 0 Å². The Morgan fingerprint density at radius 1 is 1.50 bits per heavy atom. The smallest absolute Gasteiger partial charge is 0.122 e. The molecule has 0 bridgehead atoms. The molecule has 0 aromatic carbocycles. The number of rotatable bonds is 0. The third-order valence-corrected chi connectivity index (χ3v) is 2.16. The van der Waals surface area contributed by atoms with E-state index in [1.54, 1.807) is 6.33 Å². The Kier molecular flexibility index (Phi) is 2.03. The zero-order valence-corrected chi connectivity index (χ0v) is 8.56. The summed E-state index contributed by atoms with van der Waals surface area (Å²) in [6, 6.07) is 0. The number of H-pyrrole nitrogens is 1. The first-order valence-electron chi connectivity index (χ1n) is 3.21. The first-order valence-corrected chi connectivity index (χ1v) is 4.29. The lowest BCUT2D eigenvalue weighted by Crippen LogP contribution is -2.13. The van der Waals surface area contributed by atoms with Crippen molar-refractivity contribution in [3.05, 3.63) is 15.7 Å². The first-order chi connectivity index (χ1) is 4.52. The van der Waals surface area contributed by atoms with Gasteiger partial charge in [-0.05, 0) is 22.6 Å². The van der Waals surface area contributed by atoms with Gasteiger partial charge >= 0.3 is 0 Å². The van der Waals surface area contributed by atoms with Gasteiger partial charge in [-0.3, -0.25) is 0 Å².